The van der Waals surface area contributed by atoms with Gasteiger partial charge in [-0.3, -0.25) is 0 Å². The Morgan fingerprint density at radius 1 is 1.33 bits per heavy atom. The Morgan fingerprint density at radius 3 is 2.89 bits per heavy atom. The van der Waals surface area contributed by atoms with Crippen LogP contribution in [0.3, 0.4) is 0 Å². The first-order valence-corrected chi connectivity index (χ1v) is 6.90. The normalized spacial score (nSPS) is 14.8. The Labute approximate surface area is 113 Å². The number of ether oxygens (including phenoxy) is 2. The van der Waals surface area contributed by atoms with Gasteiger partial charge in [-0.1, -0.05) is 23.7 Å². The van der Waals surface area contributed by atoms with E-state index >= 15 is 0 Å². The highest BCUT2D eigenvalue weighted by Gasteiger charge is 2.21. The molecule has 1 N–H and O–H groups in total. The quantitative estimate of drug-likeness (QED) is 0.736. The first-order valence-electron chi connectivity index (χ1n) is 6.52. The van der Waals surface area contributed by atoms with Crippen molar-refractivity contribution < 1.29 is 9.47 Å². The summed E-state index contributed by atoms with van der Waals surface area (Å²) in [6, 6.07) is 6.55. The molecule has 0 amide bonds. The molecule has 100 valence electrons. The van der Waals surface area contributed by atoms with Crippen molar-refractivity contribution >= 4 is 11.6 Å². The van der Waals surface area contributed by atoms with Crippen molar-refractivity contribution in [2.75, 3.05) is 19.8 Å². The predicted molar refractivity (Wildman–Crippen MR) is 73.3 cm³/mol. The lowest BCUT2D eigenvalue weighted by Crippen LogP contribution is -2.16. The van der Waals surface area contributed by atoms with Gasteiger partial charge in [0.25, 0.3) is 0 Å². The number of hydrogen-bond donors (Lipinski definition) is 1. The van der Waals surface area contributed by atoms with Crippen LogP contribution in [-0.2, 0) is 11.3 Å². The van der Waals surface area contributed by atoms with Crippen molar-refractivity contribution in [2.24, 2.45) is 0 Å². The largest absolute Gasteiger partial charge is 0.489 e. The molecular weight excluding hydrogens is 250 g/mol. The fourth-order valence-electron chi connectivity index (χ4n) is 1.74. The highest BCUT2D eigenvalue weighted by molar-refractivity contribution is 6.32. The second-order valence-corrected chi connectivity index (χ2v) is 4.84. The summed E-state index contributed by atoms with van der Waals surface area (Å²) in [5, 5.41) is 4.14. The Balaban J connectivity index is 1.91. The fraction of sp³-hybridized carbons (Fsp3) is 0.571. The van der Waals surface area contributed by atoms with E-state index in [1.807, 2.05) is 19.1 Å². The molecule has 2 rings (SSSR count). The lowest BCUT2D eigenvalue weighted by Gasteiger charge is -2.13. The standard InChI is InChI=1S/C14H20ClNO2/c1-2-17-8-9-18-14-11(4-3-5-13(14)15)10-16-12-6-7-12/h3-5,12,16H,2,6-10H2,1H3. The van der Waals surface area contributed by atoms with Crippen LogP contribution in [0, 0.1) is 0 Å². The molecule has 1 fully saturated rings. The molecule has 1 aliphatic carbocycles. The average Bonchev–Trinajstić information content (AvgIpc) is 3.18. The maximum atomic E-state index is 6.18. The second kappa shape index (κ2) is 6.98. The van der Waals surface area contributed by atoms with Crippen LogP contribution in [0.25, 0.3) is 0 Å². The lowest BCUT2D eigenvalue weighted by molar-refractivity contribution is 0.110. The van der Waals surface area contributed by atoms with Gasteiger partial charge in [0.05, 0.1) is 11.6 Å². The summed E-state index contributed by atoms with van der Waals surface area (Å²) in [5.74, 6) is 0.784. The summed E-state index contributed by atoms with van der Waals surface area (Å²) in [6.45, 7) is 4.63. The number of nitrogens with one attached hydrogen (secondary N) is 1. The van der Waals surface area contributed by atoms with Gasteiger partial charge in [0.15, 0.2) is 0 Å². The van der Waals surface area contributed by atoms with E-state index in [4.69, 9.17) is 21.1 Å². The number of benzene rings is 1. The van der Waals surface area contributed by atoms with Crippen LogP contribution in [0.5, 0.6) is 5.75 Å². The molecule has 0 atom stereocenters. The van der Waals surface area contributed by atoms with Gasteiger partial charge in [0.2, 0.25) is 0 Å². The molecule has 0 saturated heterocycles. The Morgan fingerprint density at radius 2 is 2.17 bits per heavy atom. The van der Waals surface area contributed by atoms with E-state index in [2.05, 4.69) is 11.4 Å². The molecule has 1 aliphatic rings. The van der Waals surface area contributed by atoms with Crippen LogP contribution in [0.2, 0.25) is 5.02 Å². The van der Waals surface area contributed by atoms with Gasteiger partial charge >= 0.3 is 0 Å². The van der Waals surface area contributed by atoms with E-state index < -0.39 is 0 Å². The Bertz CT molecular complexity index is 380. The van der Waals surface area contributed by atoms with Gasteiger partial charge < -0.3 is 14.8 Å². The Kier molecular flexibility index (Phi) is 5.29. The number of halogens is 1. The van der Waals surface area contributed by atoms with Crippen molar-refractivity contribution in [1.29, 1.82) is 0 Å². The van der Waals surface area contributed by atoms with Gasteiger partial charge in [-0.15, -0.1) is 0 Å². The molecule has 0 aromatic heterocycles. The van der Waals surface area contributed by atoms with Gasteiger partial charge in [0.1, 0.15) is 12.4 Å². The van der Waals surface area contributed by atoms with Crippen LogP contribution in [0.4, 0.5) is 0 Å². The summed E-state index contributed by atoms with van der Waals surface area (Å²) in [5.41, 5.74) is 1.12. The first kappa shape index (κ1) is 13.7. The molecule has 3 nitrogen and oxygen atoms in total. The van der Waals surface area contributed by atoms with E-state index in [9.17, 15) is 0 Å². The summed E-state index contributed by atoms with van der Waals surface area (Å²) in [4.78, 5) is 0. The zero-order chi connectivity index (χ0) is 12.8. The SMILES string of the molecule is CCOCCOc1c(Cl)cccc1CNC1CC1. The lowest BCUT2D eigenvalue weighted by atomic mass is 10.2. The third-order valence-corrected chi connectivity index (χ3v) is 3.18. The molecule has 0 unspecified atom stereocenters. The van der Waals surface area contributed by atoms with Crippen LogP contribution in [-0.4, -0.2) is 25.9 Å². The number of para-hydroxylation sites is 1. The van der Waals surface area contributed by atoms with Crippen LogP contribution < -0.4 is 10.1 Å². The Hall–Kier alpha value is -0.770. The molecule has 18 heavy (non-hydrogen) atoms. The molecule has 0 bridgehead atoms. The van der Waals surface area contributed by atoms with E-state index in [1.165, 1.54) is 12.8 Å². The smallest absolute Gasteiger partial charge is 0.142 e. The van der Waals surface area contributed by atoms with Crippen molar-refractivity contribution in [3.63, 3.8) is 0 Å². The maximum absolute atomic E-state index is 6.18. The molecule has 1 aromatic rings. The van der Waals surface area contributed by atoms with Gasteiger partial charge in [0, 0.05) is 24.8 Å². The maximum Gasteiger partial charge on any atom is 0.142 e. The van der Waals surface area contributed by atoms with Crippen molar-refractivity contribution in [1.82, 2.24) is 5.32 Å². The van der Waals surface area contributed by atoms with Gasteiger partial charge in [-0.25, -0.2) is 0 Å². The molecule has 0 aliphatic heterocycles. The van der Waals surface area contributed by atoms with Crippen molar-refractivity contribution in [3.05, 3.63) is 28.8 Å². The highest BCUT2D eigenvalue weighted by atomic mass is 35.5. The van der Waals surface area contributed by atoms with Crippen LogP contribution in [0.15, 0.2) is 18.2 Å². The van der Waals surface area contributed by atoms with Crippen molar-refractivity contribution in [3.8, 4) is 5.75 Å². The molecule has 0 spiro atoms. The number of hydrogen-bond acceptors (Lipinski definition) is 3. The minimum atomic E-state index is 0.536. The topological polar surface area (TPSA) is 30.5 Å². The second-order valence-electron chi connectivity index (χ2n) is 4.43. The monoisotopic (exact) mass is 269 g/mol. The molecular formula is C14H20ClNO2. The molecule has 0 heterocycles. The van der Waals surface area contributed by atoms with Gasteiger partial charge in [-0.05, 0) is 25.8 Å². The third kappa shape index (κ3) is 4.16. The summed E-state index contributed by atoms with van der Waals surface area (Å²) < 4.78 is 11.0. The van der Waals surface area contributed by atoms with E-state index in [0.717, 1.165) is 17.9 Å². The zero-order valence-corrected chi connectivity index (χ0v) is 11.5. The van der Waals surface area contributed by atoms with Crippen LogP contribution >= 0.6 is 11.6 Å². The fourth-order valence-corrected chi connectivity index (χ4v) is 1.99. The van der Waals surface area contributed by atoms with Crippen molar-refractivity contribution in [2.45, 2.75) is 32.4 Å². The molecule has 0 radical (unpaired) electrons. The van der Waals surface area contributed by atoms with Gasteiger partial charge in [-0.2, -0.15) is 0 Å². The summed E-state index contributed by atoms with van der Waals surface area (Å²) in [7, 11) is 0. The third-order valence-electron chi connectivity index (χ3n) is 2.89. The summed E-state index contributed by atoms with van der Waals surface area (Å²) in [6.07, 6.45) is 2.56. The number of rotatable bonds is 8. The molecule has 4 heteroatoms. The predicted octanol–water partition coefficient (Wildman–Crippen LogP) is 3.01. The minimum absolute atomic E-state index is 0.536. The van der Waals surface area contributed by atoms with E-state index in [-0.39, 0.29) is 0 Å². The average molecular weight is 270 g/mol. The minimum Gasteiger partial charge on any atom is -0.489 e. The summed E-state index contributed by atoms with van der Waals surface area (Å²) >= 11 is 6.18. The zero-order valence-electron chi connectivity index (χ0n) is 10.7. The van der Waals surface area contributed by atoms with Crippen LogP contribution in [0.1, 0.15) is 25.3 Å². The molecule has 1 aromatic carbocycles. The van der Waals surface area contributed by atoms with E-state index in [1.54, 1.807) is 0 Å². The highest BCUT2D eigenvalue weighted by Crippen LogP contribution is 2.29. The first-order chi connectivity index (χ1) is 8.81. The molecule has 1 saturated carbocycles. The van der Waals surface area contributed by atoms with E-state index in [0.29, 0.717) is 30.9 Å².